The fourth-order valence-electron chi connectivity index (χ4n) is 4.22. The van der Waals surface area contributed by atoms with Gasteiger partial charge in [-0.15, -0.1) is 0 Å². The molecule has 1 aromatic carbocycles. The summed E-state index contributed by atoms with van der Waals surface area (Å²) in [7, 11) is 0. The smallest absolute Gasteiger partial charge is 0.224 e. The second-order valence-electron chi connectivity index (χ2n) is 9.13. The van der Waals surface area contributed by atoms with Crippen LogP contribution in [0.25, 0.3) is 0 Å². The topological polar surface area (TPSA) is 33.4 Å². The van der Waals surface area contributed by atoms with Crippen LogP contribution in [0.15, 0.2) is 42.7 Å². The third-order valence-electron chi connectivity index (χ3n) is 6.23. The van der Waals surface area contributed by atoms with Gasteiger partial charge in [0.2, 0.25) is 5.91 Å². The third kappa shape index (κ3) is 9.98. The average molecular weight is 454 g/mol. The van der Waals surface area contributed by atoms with E-state index in [-0.39, 0.29) is 5.91 Å². The molecule has 0 aliphatic carbocycles. The molecule has 0 unspecified atom stereocenters. The number of carbonyl (C=O) groups excluding carboxylic acids is 1. The Morgan fingerprint density at radius 1 is 0.939 bits per heavy atom. The van der Waals surface area contributed by atoms with Crippen molar-refractivity contribution >= 4 is 11.6 Å². The van der Waals surface area contributed by atoms with E-state index in [1.165, 1.54) is 57.8 Å². The summed E-state index contributed by atoms with van der Waals surface area (Å²) in [6.45, 7) is 10.3. The number of anilines is 1. The third-order valence-corrected chi connectivity index (χ3v) is 6.23. The molecule has 0 fully saturated rings. The molecule has 0 saturated carbocycles. The minimum absolute atomic E-state index is 0.0454. The predicted molar refractivity (Wildman–Crippen MR) is 138 cm³/mol. The van der Waals surface area contributed by atoms with Crippen LogP contribution in [0.1, 0.15) is 96.1 Å². The lowest BCUT2D eigenvalue weighted by Crippen LogP contribution is -2.34. The first-order valence-electron chi connectivity index (χ1n) is 13.0. The summed E-state index contributed by atoms with van der Waals surface area (Å²) in [4.78, 5) is 14.3. The highest BCUT2D eigenvalue weighted by molar-refractivity contribution is 5.92. The molecule has 2 aromatic rings. The molecule has 0 spiro atoms. The largest absolute Gasteiger partial charge is 0.494 e. The van der Waals surface area contributed by atoms with Gasteiger partial charge < -0.3 is 9.64 Å². The first-order valence-corrected chi connectivity index (χ1v) is 13.0. The Bertz CT molecular complexity index is 834. The van der Waals surface area contributed by atoms with Crippen LogP contribution >= 0.6 is 0 Å². The summed E-state index contributed by atoms with van der Waals surface area (Å²) in [5.74, 6) is 0.934. The number of hydrogen-bond acceptors (Lipinski definition) is 2. The SMILES string of the molecule is CCCCCCCCCCCCOc1ccc(N(Cc2ccc[n+](CC)c2)C(C)=O)c(C)c1. The highest BCUT2D eigenvalue weighted by atomic mass is 16.5. The number of hydrogen-bond donors (Lipinski definition) is 0. The summed E-state index contributed by atoms with van der Waals surface area (Å²) < 4.78 is 8.13. The van der Waals surface area contributed by atoms with Gasteiger partial charge in [0.15, 0.2) is 12.4 Å². The summed E-state index contributed by atoms with van der Waals surface area (Å²) >= 11 is 0. The fraction of sp³-hybridized carbons (Fsp3) is 0.586. The Labute approximate surface area is 202 Å². The van der Waals surface area contributed by atoms with Gasteiger partial charge in [-0.3, -0.25) is 4.79 Å². The number of nitrogens with zero attached hydrogens (tertiary/aromatic N) is 2. The Hall–Kier alpha value is -2.36. The van der Waals surface area contributed by atoms with Crippen LogP contribution in [0, 0.1) is 6.92 Å². The fourth-order valence-corrected chi connectivity index (χ4v) is 4.22. The lowest BCUT2D eigenvalue weighted by Gasteiger charge is -2.23. The van der Waals surface area contributed by atoms with Crippen molar-refractivity contribution in [2.75, 3.05) is 11.5 Å². The molecule has 1 amide bonds. The van der Waals surface area contributed by atoms with Crippen LogP contribution in [0.3, 0.4) is 0 Å². The highest BCUT2D eigenvalue weighted by Gasteiger charge is 2.16. The van der Waals surface area contributed by atoms with E-state index in [4.69, 9.17) is 4.74 Å². The molecule has 0 N–H and O–H groups in total. The van der Waals surface area contributed by atoms with Gasteiger partial charge in [-0.1, -0.05) is 64.7 Å². The van der Waals surface area contributed by atoms with E-state index in [9.17, 15) is 4.79 Å². The number of benzene rings is 1. The Balaban J connectivity index is 1.77. The maximum absolute atomic E-state index is 12.4. The monoisotopic (exact) mass is 453 g/mol. The number of unbranched alkanes of at least 4 members (excludes halogenated alkanes) is 9. The Kier molecular flexibility index (Phi) is 12.6. The van der Waals surface area contributed by atoms with Crippen molar-refractivity contribution in [3.05, 3.63) is 53.9 Å². The molecule has 33 heavy (non-hydrogen) atoms. The molecule has 0 aliphatic heterocycles. The van der Waals surface area contributed by atoms with Crippen LogP contribution in [0.5, 0.6) is 5.75 Å². The van der Waals surface area contributed by atoms with Crippen LogP contribution in [0.4, 0.5) is 5.69 Å². The van der Waals surface area contributed by atoms with Gasteiger partial charge in [0.1, 0.15) is 12.3 Å². The van der Waals surface area contributed by atoms with Crippen LogP contribution in [0.2, 0.25) is 0 Å². The molecule has 1 aromatic heterocycles. The normalized spacial score (nSPS) is 10.9. The molecule has 0 atom stereocenters. The minimum Gasteiger partial charge on any atom is -0.494 e. The van der Waals surface area contributed by atoms with Crippen molar-refractivity contribution in [1.29, 1.82) is 0 Å². The maximum atomic E-state index is 12.4. The zero-order valence-corrected chi connectivity index (χ0v) is 21.4. The van der Waals surface area contributed by atoms with E-state index >= 15 is 0 Å². The van der Waals surface area contributed by atoms with Crippen molar-refractivity contribution in [3.8, 4) is 5.75 Å². The Morgan fingerprint density at radius 2 is 1.61 bits per heavy atom. The lowest BCUT2D eigenvalue weighted by atomic mass is 10.1. The van der Waals surface area contributed by atoms with E-state index in [1.807, 2.05) is 29.3 Å². The zero-order valence-electron chi connectivity index (χ0n) is 21.4. The van der Waals surface area contributed by atoms with Crippen molar-refractivity contribution < 1.29 is 14.1 Å². The molecular weight excluding hydrogens is 408 g/mol. The second kappa shape index (κ2) is 15.5. The molecule has 4 nitrogen and oxygen atoms in total. The number of amides is 1. The maximum Gasteiger partial charge on any atom is 0.224 e. The van der Waals surface area contributed by atoms with Crippen molar-refractivity contribution in [1.82, 2.24) is 0 Å². The molecule has 2 rings (SSSR count). The molecule has 1 heterocycles. The summed E-state index contributed by atoms with van der Waals surface area (Å²) in [6.07, 6.45) is 17.4. The quantitative estimate of drug-likeness (QED) is 0.200. The van der Waals surface area contributed by atoms with E-state index in [0.29, 0.717) is 6.54 Å². The van der Waals surface area contributed by atoms with Gasteiger partial charge in [0.25, 0.3) is 0 Å². The number of ether oxygens (including phenoxy) is 1. The number of aromatic nitrogens is 1. The number of rotatable bonds is 16. The molecule has 182 valence electrons. The van der Waals surface area contributed by atoms with Gasteiger partial charge in [-0.05, 0) is 50.1 Å². The first-order chi connectivity index (χ1) is 16.0. The highest BCUT2D eigenvalue weighted by Crippen LogP contribution is 2.26. The van der Waals surface area contributed by atoms with Crippen molar-refractivity contribution in [3.63, 3.8) is 0 Å². The molecular formula is C29H45N2O2+. The van der Waals surface area contributed by atoms with E-state index in [0.717, 1.165) is 42.1 Å². The van der Waals surface area contributed by atoms with Gasteiger partial charge >= 0.3 is 0 Å². The summed E-state index contributed by atoms with van der Waals surface area (Å²) in [5.41, 5.74) is 3.13. The van der Waals surface area contributed by atoms with Crippen LogP contribution in [-0.2, 0) is 17.9 Å². The Morgan fingerprint density at radius 3 is 2.21 bits per heavy atom. The van der Waals surface area contributed by atoms with Crippen molar-refractivity contribution in [2.45, 2.75) is 105 Å². The first kappa shape index (κ1) is 26.9. The molecule has 0 saturated heterocycles. The summed E-state index contributed by atoms with van der Waals surface area (Å²) in [5, 5.41) is 0. The number of carbonyl (C=O) groups is 1. The lowest BCUT2D eigenvalue weighted by molar-refractivity contribution is -0.693. The minimum atomic E-state index is 0.0454. The number of pyridine rings is 1. The van der Waals surface area contributed by atoms with E-state index in [1.54, 1.807) is 6.92 Å². The van der Waals surface area contributed by atoms with Gasteiger partial charge in [-0.25, -0.2) is 4.57 Å². The molecule has 0 bridgehead atoms. The van der Waals surface area contributed by atoms with Crippen molar-refractivity contribution in [2.24, 2.45) is 0 Å². The van der Waals surface area contributed by atoms with Gasteiger partial charge in [0, 0.05) is 24.2 Å². The van der Waals surface area contributed by atoms with Crippen LogP contribution in [-0.4, -0.2) is 12.5 Å². The van der Waals surface area contributed by atoms with Gasteiger partial charge in [-0.2, -0.15) is 0 Å². The zero-order chi connectivity index (χ0) is 23.9. The number of aryl methyl sites for hydroxylation is 2. The molecule has 0 aliphatic rings. The molecule has 4 heteroatoms. The predicted octanol–water partition coefficient (Wildman–Crippen LogP) is 7.16. The second-order valence-corrected chi connectivity index (χ2v) is 9.13. The van der Waals surface area contributed by atoms with E-state index in [2.05, 4.69) is 43.7 Å². The average Bonchev–Trinajstić information content (AvgIpc) is 2.81. The standard InChI is InChI=1S/C29H45N2O2/c1-5-7-8-9-10-11-12-13-14-15-21-33-28-18-19-29(25(3)22-28)31(26(4)32)24-27-17-16-20-30(6-2)23-27/h16-20,22-23H,5-15,21,24H2,1-4H3/q+1. The van der Waals surface area contributed by atoms with Crippen LogP contribution < -0.4 is 14.2 Å². The summed E-state index contributed by atoms with van der Waals surface area (Å²) in [6, 6.07) is 10.2. The molecule has 0 radical (unpaired) electrons. The van der Waals surface area contributed by atoms with E-state index < -0.39 is 0 Å². The van der Waals surface area contributed by atoms with Gasteiger partial charge in [0.05, 0.1) is 13.2 Å².